The summed E-state index contributed by atoms with van der Waals surface area (Å²) in [7, 11) is 1.44. The van der Waals surface area contributed by atoms with Gasteiger partial charge in [0, 0.05) is 23.1 Å². The summed E-state index contributed by atoms with van der Waals surface area (Å²) in [5.41, 5.74) is 0.642. The van der Waals surface area contributed by atoms with Crippen molar-refractivity contribution < 1.29 is 14.5 Å². The number of para-hydroxylation sites is 1. The van der Waals surface area contributed by atoms with Gasteiger partial charge >= 0.3 is 0 Å². The summed E-state index contributed by atoms with van der Waals surface area (Å²) in [4.78, 5) is 22.8. The number of ketones is 1. The monoisotopic (exact) mass is 305 g/mol. The van der Waals surface area contributed by atoms with E-state index in [-0.39, 0.29) is 17.9 Å². The van der Waals surface area contributed by atoms with Crippen molar-refractivity contribution in [1.29, 1.82) is 0 Å². The lowest BCUT2D eigenvalue weighted by atomic mass is 10.0. The van der Waals surface area contributed by atoms with Crippen LogP contribution in [0.2, 0.25) is 5.02 Å². The molecule has 0 aliphatic rings. The highest BCUT2D eigenvalue weighted by Crippen LogP contribution is 2.26. The minimum absolute atomic E-state index is 0.0706. The first kappa shape index (κ1) is 15.0. The molecule has 2 aromatic carbocycles. The molecule has 2 rings (SSSR count). The fraction of sp³-hybridized carbons (Fsp3) is 0.133. The summed E-state index contributed by atoms with van der Waals surface area (Å²) in [6, 6.07) is 10.8. The van der Waals surface area contributed by atoms with E-state index in [1.807, 2.05) is 0 Å². The maximum absolute atomic E-state index is 12.3. The van der Waals surface area contributed by atoms with Crippen LogP contribution in [0.15, 0.2) is 42.5 Å². The van der Waals surface area contributed by atoms with Gasteiger partial charge in [-0.1, -0.05) is 29.8 Å². The Bertz CT molecular complexity index is 700. The van der Waals surface area contributed by atoms with Gasteiger partial charge in [0.15, 0.2) is 5.78 Å². The number of nitro groups is 1. The first-order valence-electron chi connectivity index (χ1n) is 6.12. The van der Waals surface area contributed by atoms with Gasteiger partial charge < -0.3 is 4.74 Å². The molecule has 0 saturated carbocycles. The molecule has 0 saturated heterocycles. The molecule has 0 bridgehead atoms. The number of rotatable bonds is 5. The van der Waals surface area contributed by atoms with Crippen molar-refractivity contribution in [1.82, 2.24) is 0 Å². The second-order valence-corrected chi connectivity index (χ2v) is 4.77. The standard InChI is InChI=1S/C15H12ClNO4/c1-21-15-9-11(16)6-7-12(15)14(18)8-10-4-2-3-5-13(10)17(19)20/h2-7,9H,8H2,1H3. The number of hydrogen-bond acceptors (Lipinski definition) is 4. The zero-order chi connectivity index (χ0) is 15.4. The van der Waals surface area contributed by atoms with E-state index >= 15 is 0 Å². The molecule has 0 unspecified atom stereocenters. The van der Waals surface area contributed by atoms with Crippen molar-refractivity contribution in [3.05, 3.63) is 68.7 Å². The zero-order valence-electron chi connectivity index (χ0n) is 11.2. The first-order chi connectivity index (χ1) is 10.0. The fourth-order valence-corrected chi connectivity index (χ4v) is 2.16. The maximum Gasteiger partial charge on any atom is 0.273 e. The molecule has 0 heterocycles. The molecule has 0 amide bonds. The normalized spacial score (nSPS) is 10.2. The van der Waals surface area contributed by atoms with Gasteiger partial charge in [-0.2, -0.15) is 0 Å². The van der Waals surface area contributed by atoms with Crippen LogP contribution in [0.5, 0.6) is 5.75 Å². The lowest BCUT2D eigenvalue weighted by Gasteiger charge is -2.08. The molecule has 0 aromatic heterocycles. The number of Topliss-reactive ketones (excluding diaryl/α,β-unsaturated/α-hetero) is 1. The average Bonchev–Trinajstić information content (AvgIpc) is 2.47. The second kappa shape index (κ2) is 6.37. The van der Waals surface area contributed by atoms with Crippen molar-refractivity contribution in [3.63, 3.8) is 0 Å². The van der Waals surface area contributed by atoms with Gasteiger partial charge in [-0.05, 0) is 18.2 Å². The Morgan fingerprint density at radius 1 is 1.29 bits per heavy atom. The highest BCUT2D eigenvalue weighted by atomic mass is 35.5. The fourth-order valence-electron chi connectivity index (χ4n) is 2.00. The third-order valence-electron chi connectivity index (χ3n) is 3.00. The zero-order valence-corrected chi connectivity index (χ0v) is 12.0. The molecular formula is C15H12ClNO4. The van der Waals surface area contributed by atoms with E-state index in [9.17, 15) is 14.9 Å². The molecule has 0 aliphatic heterocycles. The number of carbonyl (C=O) groups excluding carboxylic acids is 1. The van der Waals surface area contributed by atoms with E-state index in [2.05, 4.69) is 0 Å². The number of benzene rings is 2. The Morgan fingerprint density at radius 3 is 2.67 bits per heavy atom. The number of hydrogen-bond donors (Lipinski definition) is 0. The van der Waals surface area contributed by atoms with Crippen LogP contribution in [-0.2, 0) is 6.42 Å². The quantitative estimate of drug-likeness (QED) is 0.480. The van der Waals surface area contributed by atoms with E-state index in [4.69, 9.17) is 16.3 Å². The number of methoxy groups -OCH3 is 1. The Kier molecular flexibility index (Phi) is 4.55. The molecule has 0 N–H and O–H groups in total. The predicted octanol–water partition coefficient (Wildman–Crippen LogP) is 3.68. The lowest BCUT2D eigenvalue weighted by molar-refractivity contribution is -0.385. The van der Waals surface area contributed by atoms with Crippen LogP contribution in [0.3, 0.4) is 0 Å². The minimum Gasteiger partial charge on any atom is -0.496 e. The number of ether oxygens (including phenoxy) is 1. The van der Waals surface area contributed by atoms with Gasteiger partial charge in [-0.25, -0.2) is 0 Å². The van der Waals surface area contributed by atoms with Gasteiger partial charge in [0.2, 0.25) is 0 Å². The second-order valence-electron chi connectivity index (χ2n) is 4.33. The average molecular weight is 306 g/mol. The van der Waals surface area contributed by atoms with Crippen LogP contribution >= 0.6 is 11.6 Å². The largest absolute Gasteiger partial charge is 0.496 e. The number of halogens is 1. The summed E-state index contributed by atoms with van der Waals surface area (Å²) < 4.78 is 5.12. The molecule has 0 spiro atoms. The van der Waals surface area contributed by atoms with Crippen LogP contribution in [0.4, 0.5) is 5.69 Å². The van der Waals surface area contributed by atoms with Gasteiger partial charge in [-0.3, -0.25) is 14.9 Å². The molecule has 0 fully saturated rings. The van der Waals surface area contributed by atoms with E-state index in [1.54, 1.807) is 30.3 Å². The van der Waals surface area contributed by atoms with Crippen LogP contribution < -0.4 is 4.74 Å². The summed E-state index contributed by atoms with van der Waals surface area (Å²) in [6.45, 7) is 0. The van der Waals surface area contributed by atoms with Gasteiger partial charge in [0.25, 0.3) is 5.69 Å². The topological polar surface area (TPSA) is 69.4 Å². The Labute approximate surface area is 126 Å². The molecule has 0 aliphatic carbocycles. The van der Waals surface area contributed by atoms with Crippen molar-refractivity contribution in [2.24, 2.45) is 0 Å². The molecule has 5 nitrogen and oxygen atoms in total. The molecule has 21 heavy (non-hydrogen) atoms. The highest BCUT2D eigenvalue weighted by molar-refractivity contribution is 6.30. The highest BCUT2D eigenvalue weighted by Gasteiger charge is 2.19. The lowest BCUT2D eigenvalue weighted by Crippen LogP contribution is -2.07. The number of carbonyl (C=O) groups is 1. The Balaban J connectivity index is 2.33. The smallest absolute Gasteiger partial charge is 0.273 e. The molecule has 0 radical (unpaired) electrons. The Hall–Kier alpha value is -2.40. The summed E-state index contributed by atoms with van der Waals surface area (Å²) in [5, 5.41) is 11.4. The first-order valence-corrected chi connectivity index (χ1v) is 6.49. The predicted molar refractivity (Wildman–Crippen MR) is 79.1 cm³/mol. The van der Waals surface area contributed by atoms with E-state index in [0.29, 0.717) is 21.9 Å². The van der Waals surface area contributed by atoms with Crippen molar-refractivity contribution in [2.75, 3.05) is 7.11 Å². The molecule has 6 heteroatoms. The number of nitro benzene ring substituents is 1. The molecule has 0 atom stereocenters. The van der Waals surface area contributed by atoms with Gasteiger partial charge in [0.1, 0.15) is 5.75 Å². The van der Waals surface area contributed by atoms with Crippen LogP contribution in [0.1, 0.15) is 15.9 Å². The minimum atomic E-state index is -0.498. The number of nitrogens with zero attached hydrogens (tertiary/aromatic N) is 1. The van der Waals surface area contributed by atoms with Gasteiger partial charge in [-0.15, -0.1) is 0 Å². The van der Waals surface area contributed by atoms with Crippen LogP contribution in [-0.4, -0.2) is 17.8 Å². The Morgan fingerprint density at radius 2 is 2.00 bits per heavy atom. The van der Waals surface area contributed by atoms with Crippen molar-refractivity contribution in [2.45, 2.75) is 6.42 Å². The van der Waals surface area contributed by atoms with Crippen LogP contribution in [0.25, 0.3) is 0 Å². The SMILES string of the molecule is COc1cc(Cl)ccc1C(=O)Cc1ccccc1[N+](=O)[O-]. The maximum atomic E-state index is 12.3. The summed E-state index contributed by atoms with van der Waals surface area (Å²) in [6.07, 6.45) is -0.0743. The third kappa shape index (κ3) is 3.38. The van der Waals surface area contributed by atoms with Crippen molar-refractivity contribution in [3.8, 4) is 5.75 Å². The molecule has 108 valence electrons. The van der Waals surface area contributed by atoms with Gasteiger partial charge in [0.05, 0.1) is 17.6 Å². The third-order valence-corrected chi connectivity index (χ3v) is 3.24. The molecule has 2 aromatic rings. The van der Waals surface area contributed by atoms with E-state index in [0.717, 1.165) is 0 Å². The van der Waals surface area contributed by atoms with Crippen LogP contribution in [0, 0.1) is 10.1 Å². The van der Waals surface area contributed by atoms with E-state index < -0.39 is 4.92 Å². The summed E-state index contributed by atoms with van der Waals surface area (Å²) in [5.74, 6) is 0.0869. The summed E-state index contributed by atoms with van der Waals surface area (Å²) >= 11 is 5.85. The molecular weight excluding hydrogens is 294 g/mol. The van der Waals surface area contributed by atoms with Crippen molar-refractivity contribution >= 4 is 23.1 Å². The van der Waals surface area contributed by atoms with E-state index in [1.165, 1.54) is 19.2 Å².